The number of hydrogen-bond donors (Lipinski definition) is 2. The van der Waals surface area contributed by atoms with E-state index in [2.05, 4.69) is 77.8 Å². The largest absolute Gasteiger partial charge is 0.508 e. The molecule has 1 aliphatic heterocycles. The third-order valence-electron chi connectivity index (χ3n) is 6.76. The third-order valence-corrected chi connectivity index (χ3v) is 7.08. The van der Waals surface area contributed by atoms with Crippen LogP contribution in [0, 0.1) is 27.7 Å². The fourth-order valence-electron chi connectivity index (χ4n) is 4.91. The van der Waals surface area contributed by atoms with Gasteiger partial charge in [-0.3, -0.25) is 4.98 Å². The Balaban J connectivity index is 1.68. The SMILES string of the molecule is Cc1ccc(N2C(=S)NC(c3ccccn3)C2c2cc(C)n(-c3ccc(O)cc3)c2C)cc1C. The summed E-state index contributed by atoms with van der Waals surface area (Å²) in [5.74, 6) is 0.257. The van der Waals surface area contributed by atoms with E-state index in [4.69, 9.17) is 12.2 Å². The molecule has 0 amide bonds. The van der Waals surface area contributed by atoms with E-state index in [9.17, 15) is 5.11 Å². The third kappa shape index (κ3) is 3.74. The van der Waals surface area contributed by atoms with E-state index in [0.29, 0.717) is 5.11 Å². The molecular weight excluding hydrogens is 440 g/mol. The van der Waals surface area contributed by atoms with Crippen molar-refractivity contribution < 1.29 is 5.11 Å². The van der Waals surface area contributed by atoms with Crippen LogP contribution < -0.4 is 10.2 Å². The van der Waals surface area contributed by atoms with E-state index in [1.807, 2.05) is 30.5 Å². The zero-order valence-corrected chi connectivity index (χ0v) is 20.6. The highest BCUT2D eigenvalue weighted by atomic mass is 32.1. The molecule has 2 atom stereocenters. The quantitative estimate of drug-likeness (QED) is 0.361. The number of aromatic hydroxyl groups is 1. The van der Waals surface area contributed by atoms with Crippen molar-refractivity contribution in [1.82, 2.24) is 14.9 Å². The van der Waals surface area contributed by atoms with E-state index < -0.39 is 0 Å². The molecule has 1 fully saturated rings. The van der Waals surface area contributed by atoms with Gasteiger partial charge in [-0.25, -0.2) is 0 Å². The van der Waals surface area contributed by atoms with Gasteiger partial charge in [0.25, 0.3) is 0 Å². The van der Waals surface area contributed by atoms with Gasteiger partial charge < -0.3 is 19.9 Å². The molecule has 2 aromatic carbocycles. The minimum absolute atomic E-state index is 0.0680. The molecule has 0 aliphatic carbocycles. The molecule has 0 saturated carbocycles. The number of anilines is 1. The Kier molecular flexibility index (Phi) is 5.62. The van der Waals surface area contributed by atoms with Crippen molar-refractivity contribution in [2.45, 2.75) is 39.8 Å². The molecule has 1 saturated heterocycles. The van der Waals surface area contributed by atoms with Gasteiger partial charge in [-0.05, 0) is 111 Å². The number of nitrogens with one attached hydrogen (secondary N) is 1. The molecule has 2 unspecified atom stereocenters. The predicted octanol–water partition coefficient (Wildman–Crippen LogP) is 5.99. The Morgan fingerprint density at radius 2 is 1.62 bits per heavy atom. The Morgan fingerprint density at radius 1 is 0.882 bits per heavy atom. The topological polar surface area (TPSA) is 53.3 Å². The summed E-state index contributed by atoms with van der Waals surface area (Å²) in [6, 6.07) is 21.9. The van der Waals surface area contributed by atoms with E-state index in [1.165, 1.54) is 16.7 Å². The minimum Gasteiger partial charge on any atom is -0.508 e. The van der Waals surface area contributed by atoms with E-state index >= 15 is 0 Å². The van der Waals surface area contributed by atoms with Crippen molar-refractivity contribution in [1.29, 1.82) is 0 Å². The Labute approximate surface area is 205 Å². The summed E-state index contributed by atoms with van der Waals surface area (Å²) in [6.07, 6.45) is 1.83. The van der Waals surface area contributed by atoms with Crippen LogP contribution in [-0.2, 0) is 0 Å². The first-order valence-electron chi connectivity index (χ1n) is 11.4. The fourth-order valence-corrected chi connectivity index (χ4v) is 5.26. The average Bonchev–Trinajstić information content (AvgIpc) is 3.32. The molecule has 2 N–H and O–H groups in total. The first kappa shape index (κ1) is 22.2. The van der Waals surface area contributed by atoms with Crippen LogP contribution in [0.15, 0.2) is 72.9 Å². The Hall–Kier alpha value is -3.64. The highest BCUT2D eigenvalue weighted by Gasteiger charge is 2.42. The molecule has 5 rings (SSSR count). The van der Waals surface area contributed by atoms with Crippen LogP contribution in [0.3, 0.4) is 0 Å². The number of hydrogen-bond acceptors (Lipinski definition) is 3. The normalized spacial score (nSPS) is 17.8. The van der Waals surface area contributed by atoms with E-state index in [1.54, 1.807) is 12.1 Å². The summed E-state index contributed by atoms with van der Waals surface area (Å²) >= 11 is 5.90. The number of rotatable bonds is 4. The standard InChI is InChI=1S/C28H28N4OS/c1-17-8-9-22(15-18(17)2)32-27(26(30-28(32)34)25-7-5-6-14-29-25)24-16-19(3)31(20(24)4)21-10-12-23(33)13-11-21/h5-16,26-27,33H,1-4H3,(H,30,34). The van der Waals surface area contributed by atoms with Gasteiger partial charge in [0.15, 0.2) is 5.11 Å². The van der Waals surface area contributed by atoms with Crippen LogP contribution in [0.25, 0.3) is 5.69 Å². The van der Waals surface area contributed by atoms with Crippen LogP contribution in [0.5, 0.6) is 5.75 Å². The zero-order valence-electron chi connectivity index (χ0n) is 19.8. The maximum atomic E-state index is 9.77. The second-order valence-electron chi connectivity index (χ2n) is 8.94. The van der Waals surface area contributed by atoms with Crippen LogP contribution >= 0.6 is 12.2 Å². The number of phenolic OH excluding ortho intramolecular Hbond substituents is 1. The maximum absolute atomic E-state index is 9.77. The summed E-state index contributed by atoms with van der Waals surface area (Å²) in [4.78, 5) is 6.90. The molecule has 5 nitrogen and oxygen atoms in total. The van der Waals surface area contributed by atoms with Gasteiger partial charge in [0.05, 0.1) is 17.8 Å². The lowest BCUT2D eigenvalue weighted by atomic mass is 9.96. The lowest BCUT2D eigenvalue weighted by molar-refractivity contribution is 0.475. The van der Waals surface area contributed by atoms with Crippen molar-refractivity contribution >= 4 is 23.0 Å². The molecule has 0 spiro atoms. The molecule has 0 bridgehead atoms. The second-order valence-corrected chi connectivity index (χ2v) is 9.33. The molecule has 1 aliphatic rings. The summed E-state index contributed by atoms with van der Waals surface area (Å²) in [6.45, 7) is 8.51. The van der Waals surface area contributed by atoms with Crippen molar-refractivity contribution in [2.24, 2.45) is 0 Å². The van der Waals surface area contributed by atoms with Crippen molar-refractivity contribution in [3.63, 3.8) is 0 Å². The second kappa shape index (κ2) is 8.61. The van der Waals surface area contributed by atoms with E-state index in [0.717, 1.165) is 28.5 Å². The number of nitrogens with zero attached hydrogens (tertiary/aromatic N) is 3. The van der Waals surface area contributed by atoms with Gasteiger partial charge in [-0.1, -0.05) is 12.1 Å². The number of pyridine rings is 1. The number of aryl methyl sites for hydroxylation is 3. The van der Waals surface area contributed by atoms with Gasteiger partial charge in [0, 0.05) is 29.0 Å². The van der Waals surface area contributed by atoms with Crippen LogP contribution in [0.1, 0.15) is 45.9 Å². The lowest BCUT2D eigenvalue weighted by Gasteiger charge is -2.28. The van der Waals surface area contributed by atoms with E-state index in [-0.39, 0.29) is 17.8 Å². The summed E-state index contributed by atoms with van der Waals surface area (Å²) in [5, 5.41) is 14.0. The zero-order chi connectivity index (χ0) is 24.0. The predicted molar refractivity (Wildman–Crippen MR) is 141 cm³/mol. The van der Waals surface area contributed by atoms with Crippen molar-refractivity contribution in [2.75, 3.05) is 4.90 Å². The highest BCUT2D eigenvalue weighted by molar-refractivity contribution is 7.80. The van der Waals surface area contributed by atoms with Crippen molar-refractivity contribution in [3.05, 3.63) is 107 Å². The fraction of sp³-hybridized carbons (Fsp3) is 0.214. The maximum Gasteiger partial charge on any atom is 0.174 e. The highest BCUT2D eigenvalue weighted by Crippen LogP contribution is 2.44. The first-order valence-corrected chi connectivity index (χ1v) is 11.8. The summed E-state index contributed by atoms with van der Waals surface area (Å²) in [5.41, 5.74) is 8.96. The van der Waals surface area contributed by atoms with Gasteiger partial charge in [-0.2, -0.15) is 0 Å². The summed E-state index contributed by atoms with van der Waals surface area (Å²) in [7, 11) is 0. The Bertz CT molecular complexity index is 1360. The molecule has 2 aromatic heterocycles. The van der Waals surface area contributed by atoms with Crippen LogP contribution in [0.2, 0.25) is 0 Å². The molecule has 0 radical (unpaired) electrons. The number of aromatic nitrogens is 2. The molecule has 4 aromatic rings. The molecular formula is C28H28N4OS. The van der Waals surface area contributed by atoms with Gasteiger partial charge >= 0.3 is 0 Å². The summed E-state index contributed by atoms with van der Waals surface area (Å²) < 4.78 is 2.23. The Morgan fingerprint density at radius 3 is 2.29 bits per heavy atom. The van der Waals surface area contributed by atoms with Crippen LogP contribution in [0.4, 0.5) is 5.69 Å². The lowest BCUT2D eigenvalue weighted by Crippen LogP contribution is -2.29. The van der Waals surface area contributed by atoms with Gasteiger partial charge in [-0.15, -0.1) is 0 Å². The number of phenols is 1. The smallest absolute Gasteiger partial charge is 0.174 e. The molecule has 172 valence electrons. The minimum atomic E-state index is -0.0934. The monoisotopic (exact) mass is 468 g/mol. The average molecular weight is 469 g/mol. The number of benzene rings is 2. The van der Waals surface area contributed by atoms with Gasteiger partial charge in [0.2, 0.25) is 0 Å². The van der Waals surface area contributed by atoms with Crippen LogP contribution in [-0.4, -0.2) is 19.8 Å². The first-order chi connectivity index (χ1) is 16.3. The molecule has 34 heavy (non-hydrogen) atoms. The molecule has 6 heteroatoms. The number of thiocarbonyl (C=S) groups is 1. The molecule has 3 heterocycles. The van der Waals surface area contributed by atoms with Gasteiger partial charge in [0.1, 0.15) is 5.75 Å². The van der Waals surface area contributed by atoms with Crippen molar-refractivity contribution in [3.8, 4) is 11.4 Å².